The van der Waals surface area contributed by atoms with Crippen LogP contribution in [0.25, 0.3) is 0 Å². The molecule has 0 aliphatic carbocycles. The second-order valence-electron chi connectivity index (χ2n) is 13.6. The number of hydrogen-bond acceptors (Lipinski definition) is 5. The Morgan fingerprint density at radius 3 is 0.956 bits per heavy atom. The molecule has 0 saturated carbocycles. The standard InChI is InChI=1S/C38H72O7/c1-2-3-4-5-6-7-8-9-10-11-12-13-14-15-16-17-18-19-20-21-22-23-24-25-26-27-28-29-30-31-32-45-36(41)34-38(44,37(42)43)33-35(39)40/h44H,2-34H2,1H3,(H,39,40)(H,42,43). The van der Waals surface area contributed by atoms with Crippen LogP contribution in [0.2, 0.25) is 0 Å². The van der Waals surface area contributed by atoms with E-state index in [1.807, 2.05) is 0 Å². The summed E-state index contributed by atoms with van der Waals surface area (Å²) in [5, 5.41) is 27.6. The number of ether oxygens (including phenoxy) is 1. The van der Waals surface area contributed by atoms with Crippen molar-refractivity contribution >= 4 is 17.9 Å². The van der Waals surface area contributed by atoms with Crippen molar-refractivity contribution < 1.29 is 34.4 Å². The van der Waals surface area contributed by atoms with Gasteiger partial charge in [0, 0.05) is 0 Å². The molecule has 0 bridgehead atoms. The van der Waals surface area contributed by atoms with Gasteiger partial charge in [0.05, 0.1) is 19.4 Å². The first-order chi connectivity index (χ1) is 21.8. The van der Waals surface area contributed by atoms with Gasteiger partial charge in [-0.15, -0.1) is 0 Å². The second-order valence-corrected chi connectivity index (χ2v) is 13.6. The van der Waals surface area contributed by atoms with Crippen molar-refractivity contribution in [1.82, 2.24) is 0 Å². The smallest absolute Gasteiger partial charge is 0.336 e. The summed E-state index contributed by atoms with van der Waals surface area (Å²) in [7, 11) is 0. The van der Waals surface area contributed by atoms with Crippen LogP contribution in [0.1, 0.15) is 212 Å². The summed E-state index contributed by atoms with van der Waals surface area (Å²) in [5.74, 6) is -4.12. The zero-order valence-electron chi connectivity index (χ0n) is 29.3. The highest BCUT2D eigenvalue weighted by atomic mass is 16.5. The van der Waals surface area contributed by atoms with Gasteiger partial charge in [-0.1, -0.05) is 193 Å². The molecule has 1 atom stereocenters. The fourth-order valence-corrected chi connectivity index (χ4v) is 6.06. The zero-order valence-corrected chi connectivity index (χ0v) is 29.3. The highest BCUT2D eigenvalue weighted by molar-refractivity contribution is 5.88. The maximum Gasteiger partial charge on any atom is 0.336 e. The normalized spacial score (nSPS) is 12.7. The van der Waals surface area contributed by atoms with Crippen molar-refractivity contribution in [2.45, 2.75) is 218 Å². The Balaban J connectivity index is 3.27. The van der Waals surface area contributed by atoms with Crippen molar-refractivity contribution in [3.05, 3.63) is 0 Å². The van der Waals surface area contributed by atoms with Crippen molar-refractivity contribution in [2.75, 3.05) is 6.61 Å². The molecule has 0 aliphatic rings. The Hall–Kier alpha value is -1.63. The van der Waals surface area contributed by atoms with Gasteiger partial charge in [-0.2, -0.15) is 0 Å². The molecule has 0 spiro atoms. The number of aliphatic hydroxyl groups is 1. The van der Waals surface area contributed by atoms with Gasteiger partial charge in [-0.3, -0.25) is 9.59 Å². The Morgan fingerprint density at radius 2 is 0.711 bits per heavy atom. The van der Waals surface area contributed by atoms with E-state index >= 15 is 0 Å². The van der Waals surface area contributed by atoms with E-state index in [9.17, 15) is 19.5 Å². The van der Waals surface area contributed by atoms with E-state index in [-0.39, 0.29) is 6.61 Å². The van der Waals surface area contributed by atoms with E-state index in [2.05, 4.69) is 6.92 Å². The minimum atomic E-state index is -2.63. The van der Waals surface area contributed by atoms with Crippen LogP contribution in [0.3, 0.4) is 0 Å². The number of carbonyl (C=O) groups is 3. The number of aliphatic carboxylic acids is 2. The third-order valence-electron chi connectivity index (χ3n) is 9.04. The number of unbranched alkanes of at least 4 members (excludes halogenated alkanes) is 29. The average molecular weight is 641 g/mol. The Labute approximate surface area is 276 Å². The quantitative estimate of drug-likeness (QED) is 0.0460. The first-order valence-electron chi connectivity index (χ1n) is 19.1. The maximum atomic E-state index is 11.8. The molecule has 7 heteroatoms. The number of esters is 1. The molecular weight excluding hydrogens is 568 g/mol. The van der Waals surface area contributed by atoms with Gasteiger partial charge in [0.15, 0.2) is 5.60 Å². The lowest BCUT2D eigenvalue weighted by atomic mass is 9.96. The van der Waals surface area contributed by atoms with Crippen LogP contribution in [0.15, 0.2) is 0 Å². The molecule has 3 N–H and O–H groups in total. The van der Waals surface area contributed by atoms with E-state index in [4.69, 9.17) is 14.9 Å². The summed E-state index contributed by atoms with van der Waals surface area (Å²) in [6.45, 7) is 2.44. The number of carbonyl (C=O) groups excluding carboxylic acids is 1. The van der Waals surface area contributed by atoms with Crippen LogP contribution in [0.4, 0.5) is 0 Å². The molecule has 0 radical (unpaired) electrons. The lowest BCUT2D eigenvalue weighted by Gasteiger charge is -2.20. The summed E-state index contributed by atoms with van der Waals surface area (Å²) in [6, 6.07) is 0. The van der Waals surface area contributed by atoms with Crippen molar-refractivity contribution in [1.29, 1.82) is 0 Å². The maximum absolute atomic E-state index is 11.8. The lowest BCUT2D eigenvalue weighted by Crippen LogP contribution is -2.43. The van der Waals surface area contributed by atoms with Crippen molar-refractivity contribution in [3.8, 4) is 0 Å². The van der Waals surface area contributed by atoms with Crippen LogP contribution in [0.5, 0.6) is 0 Å². The summed E-state index contributed by atoms with van der Waals surface area (Å²) >= 11 is 0. The molecule has 0 aliphatic heterocycles. The molecule has 0 fully saturated rings. The van der Waals surface area contributed by atoms with Gasteiger partial charge in [0.2, 0.25) is 0 Å². The van der Waals surface area contributed by atoms with Crippen LogP contribution >= 0.6 is 0 Å². The van der Waals surface area contributed by atoms with Gasteiger partial charge in [-0.25, -0.2) is 4.79 Å². The second kappa shape index (κ2) is 32.3. The number of carboxylic acid groups (broad SMARTS) is 2. The van der Waals surface area contributed by atoms with Gasteiger partial charge < -0.3 is 20.1 Å². The Morgan fingerprint density at radius 1 is 0.444 bits per heavy atom. The zero-order chi connectivity index (χ0) is 33.3. The minimum absolute atomic E-state index is 0.154. The van der Waals surface area contributed by atoms with E-state index in [1.165, 1.54) is 167 Å². The third-order valence-corrected chi connectivity index (χ3v) is 9.04. The first-order valence-corrected chi connectivity index (χ1v) is 19.1. The molecule has 0 aromatic heterocycles. The van der Waals surface area contributed by atoms with E-state index in [0.29, 0.717) is 6.42 Å². The fourth-order valence-electron chi connectivity index (χ4n) is 6.06. The van der Waals surface area contributed by atoms with Gasteiger partial charge in [0.25, 0.3) is 0 Å². The molecular formula is C38H72O7. The Bertz CT molecular complexity index is 696. The molecule has 0 amide bonds. The largest absolute Gasteiger partial charge is 0.481 e. The molecule has 0 rings (SSSR count). The molecule has 7 nitrogen and oxygen atoms in total. The fraction of sp³-hybridized carbons (Fsp3) is 0.921. The minimum Gasteiger partial charge on any atom is -0.481 e. The lowest BCUT2D eigenvalue weighted by molar-refractivity contribution is -0.172. The van der Waals surface area contributed by atoms with Crippen LogP contribution in [-0.2, 0) is 19.1 Å². The van der Waals surface area contributed by atoms with Crippen molar-refractivity contribution in [2.24, 2.45) is 0 Å². The average Bonchev–Trinajstić information content (AvgIpc) is 2.99. The predicted octanol–water partition coefficient (Wildman–Crippen LogP) is 10.9. The topological polar surface area (TPSA) is 121 Å². The molecule has 0 aromatic rings. The molecule has 266 valence electrons. The first kappa shape index (κ1) is 43.4. The van der Waals surface area contributed by atoms with Gasteiger partial charge >= 0.3 is 17.9 Å². The summed E-state index contributed by atoms with van der Waals surface area (Å²) < 4.78 is 4.98. The van der Waals surface area contributed by atoms with Crippen molar-refractivity contribution in [3.63, 3.8) is 0 Å². The van der Waals surface area contributed by atoms with Crippen LogP contribution in [0, 0.1) is 0 Å². The van der Waals surface area contributed by atoms with Gasteiger partial charge in [-0.05, 0) is 6.42 Å². The number of hydrogen-bond donors (Lipinski definition) is 3. The highest BCUT2D eigenvalue weighted by Crippen LogP contribution is 2.18. The summed E-state index contributed by atoms with van der Waals surface area (Å²) in [5.41, 5.74) is -2.63. The predicted molar refractivity (Wildman–Crippen MR) is 185 cm³/mol. The van der Waals surface area contributed by atoms with Crippen LogP contribution in [-0.4, -0.2) is 45.4 Å². The van der Waals surface area contributed by atoms with Crippen LogP contribution < -0.4 is 0 Å². The molecule has 1 unspecified atom stereocenters. The number of rotatable bonds is 36. The van der Waals surface area contributed by atoms with E-state index in [0.717, 1.165) is 19.3 Å². The monoisotopic (exact) mass is 641 g/mol. The number of carboxylic acids is 2. The molecule has 0 saturated heterocycles. The summed E-state index contributed by atoms with van der Waals surface area (Å²) in [6.07, 6.45) is 38.4. The van der Waals surface area contributed by atoms with E-state index in [1.54, 1.807) is 0 Å². The summed E-state index contributed by atoms with van der Waals surface area (Å²) in [4.78, 5) is 33.6. The Kier molecular flexibility index (Phi) is 31.1. The molecule has 0 aromatic carbocycles. The van der Waals surface area contributed by atoms with Gasteiger partial charge in [0.1, 0.15) is 0 Å². The SMILES string of the molecule is CCCCCCCCCCCCCCCCCCCCCCCCCCCCCCCCOC(=O)CC(O)(CC(=O)O)C(=O)O. The molecule has 0 heterocycles. The third kappa shape index (κ3) is 30.8. The van der Waals surface area contributed by atoms with E-state index < -0.39 is 36.4 Å². The highest BCUT2D eigenvalue weighted by Gasteiger charge is 2.41. The molecule has 45 heavy (non-hydrogen) atoms.